The van der Waals surface area contributed by atoms with Crippen LogP contribution in [0.4, 0.5) is 0 Å². The molecule has 1 aliphatic rings. The van der Waals surface area contributed by atoms with Crippen LogP contribution < -0.4 is 0 Å². The number of hydrogen-bond acceptors (Lipinski definition) is 2. The van der Waals surface area contributed by atoms with E-state index in [1.54, 1.807) is 0 Å². The van der Waals surface area contributed by atoms with E-state index >= 15 is 0 Å². The Bertz CT molecular complexity index is 419. The van der Waals surface area contributed by atoms with Gasteiger partial charge < -0.3 is 0 Å². The molecule has 82 valence electrons. The molecule has 2 nitrogen and oxygen atoms in total. The first-order chi connectivity index (χ1) is 7.76. The Morgan fingerprint density at radius 3 is 2.75 bits per heavy atom. The Morgan fingerprint density at radius 2 is 2.19 bits per heavy atom. The number of benzene rings is 1. The van der Waals surface area contributed by atoms with E-state index in [0.29, 0.717) is 5.92 Å². The largest absolute Gasteiger partial charge is 0.283 e. The molecule has 2 atom stereocenters. The summed E-state index contributed by atoms with van der Waals surface area (Å²) in [5, 5.41) is 9.13. The van der Waals surface area contributed by atoms with Crippen LogP contribution in [0.5, 0.6) is 0 Å². The van der Waals surface area contributed by atoms with Crippen LogP contribution in [0, 0.1) is 11.3 Å². The maximum absolute atomic E-state index is 9.13. The van der Waals surface area contributed by atoms with Crippen LogP contribution in [0.25, 0.3) is 0 Å². The van der Waals surface area contributed by atoms with E-state index in [0.717, 1.165) is 17.6 Å². The molecule has 2 rings (SSSR count). The molecule has 2 unspecified atom stereocenters. The molecule has 16 heavy (non-hydrogen) atoms. The van der Waals surface area contributed by atoms with Gasteiger partial charge in [-0.15, -0.1) is 6.58 Å². The summed E-state index contributed by atoms with van der Waals surface area (Å²) >= 11 is 3.41. The number of halogens is 1. The summed E-state index contributed by atoms with van der Waals surface area (Å²) in [5.41, 5.74) is 1.25. The molecular weight excluding hydrogens is 264 g/mol. The minimum atomic E-state index is -0.000763. The lowest BCUT2D eigenvalue weighted by Crippen LogP contribution is -2.53. The Balaban J connectivity index is 2.10. The van der Waals surface area contributed by atoms with Gasteiger partial charge in [-0.1, -0.05) is 34.1 Å². The topological polar surface area (TPSA) is 27.0 Å². The van der Waals surface area contributed by atoms with Gasteiger partial charge in [0.25, 0.3) is 0 Å². The fraction of sp³-hybridized carbons (Fsp3) is 0.308. The average Bonchev–Trinajstić information content (AvgIpc) is 2.26. The van der Waals surface area contributed by atoms with Crippen LogP contribution in [0.3, 0.4) is 0 Å². The first-order valence-electron chi connectivity index (χ1n) is 5.26. The van der Waals surface area contributed by atoms with Crippen molar-refractivity contribution in [1.82, 2.24) is 4.90 Å². The van der Waals surface area contributed by atoms with Gasteiger partial charge in [0.05, 0.1) is 6.07 Å². The van der Waals surface area contributed by atoms with Crippen molar-refractivity contribution in [2.75, 3.05) is 13.1 Å². The second-order valence-electron chi connectivity index (χ2n) is 3.97. The summed E-state index contributed by atoms with van der Waals surface area (Å²) in [6.45, 7) is 5.45. The Kier molecular flexibility index (Phi) is 3.42. The molecule has 1 aliphatic heterocycles. The Labute approximate surface area is 104 Å². The molecule has 0 amide bonds. The second kappa shape index (κ2) is 4.82. The molecule has 0 bridgehead atoms. The molecule has 1 aromatic carbocycles. The van der Waals surface area contributed by atoms with Crippen molar-refractivity contribution in [3.8, 4) is 6.07 Å². The van der Waals surface area contributed by atoms with Crippen molar-refractivity contribution in [2.24, 2.45) is 0 Å². The molecule has 3 heteroatoms. The fourth-order valence-electron chi connectivity index (χ4n) is 2.11. The van der Waals surface area contributed by atoms with Crippen molar-refractivity contribution in [3.63, 3.8) is 0 Å². The van der Waals surface area contributed by atoms with E-state index in [-0.39, 0.29) is 6.04 Å². The van der Waals surface area contributed by atoms with Crippen LogP contribution in [0.2, 0.25) is 0 Å². The van der Waals surface area contributed by atoms with Crippen molar-refractivity contribution in [3.05, 3.63) is 47.0 Å². The highest BCUT2D eigenvalue weighted by atomic mass is 79.9. The van der Waals surface area contributed by atoms with Gasteiger partial charge in [-0.2, -0.15) is 5.26 Å². The number of nitriles is 1. The van der Waals surface area contributed by atoms with Crippen LogP contribution in [-0.4, -0.2) is 24.0 Å². The highest BCUT2D eigenvalue weighted by Gasteiger charge is 2.38. The first kappa shape index (κ1) is 11.4. The molecule has 0 aliphatic carbocycles. The lowest BCUT2D eigenvalue weighted by molar-refractivity contribution is 0.114. The Morgan fingerprint density at radius 1 is 1.50 bits per heavy atom. The molecule has 1 aromatic rings. The van der Waals surface area contributed by atoms with Crippen molar-refractivity contribution in [1.29, 1.82) is 5.26 Å². The zero-order chi connectivity index (χ0) is 11.5. The molecule has 0 N–H and O–H groups in total. The lowest BCUT2D eigenvalue weighted by Gasteiger charge is -2.44. The number of rotatable bonds is 3. The van der Waals surface area contributed by atoms with Crippen LogP contribution in [0.1, 0.15) is 11.5 Å². The third kappa shape index (κ3) is 2.04. The van der Waals surface area contributed by atoms with Crippen molar-refractivity contribution in [2.45, 2.75) is 12.0 Å². The highest BCUT2D eigenvalue weighted by Crippen LogP contribution is 2.34. The van der Waals surface area contributed by atoms with Gasteiger partial charge >= 0.3 is 0 Å². The molecule has 0 spiro atoms. The number of hydrogen-bond donors (Lipinski definition) is 0. The normalized spacial score (nSPS) is 24.5. The van der Waals surface area contributed by atoms with E-state index in [4.69, 9.17) is 5.26 Å². The maximum Gasteiger partial charge on any atom is 0.106 e. The second-order valence-corrected chi connectivity index (χ2v) is 4.89. The van der Waals surface area contributed by atoms with Crippen molar-refractivity contribution < 1.29 is 0 Å². The predicted molar refractivity (Wildman–Crippen MR) is 68.1 cm³/mol. The minimum Gasteiger partial charge on any atom is -0.283 e. The van der Waals surface area contributed by atoms with Crippen LogP contribution in [0.15, 0.2) is 41.4 Å². The highest BCUT2D eigenvalue weighted by molar-refractivity contribution is 9.10. The predicted octanol–water partition coefficient (Wildman–Crippen LogP) is 2.93. The summed E-state index contributed by atoms with van der Waals surface area (Å²) in [6.07, 6.45) is 1.85. The molecule has 1 fully saturated rings. The average molecular weight is 277 g/mol. The molecule has 0 radical (unpaired) electrons. The summed E-state index contributed by atoms with van der Waals surface area (Å²) in [5.74, 6) is 0.345. The molecular formula is C13H13BrN2. The third-order valence-corrected chi connectivity index (χ3v) is 3.53. The summed E-state index contributed by atoms with van der Waals surface area (Å²) in [7, 11) is 0. The SMILES string of the molecule is C=CCN1CC(c2ccc(Br)cc2)C1C#N. The quantitative estimate of drug-likeness (QED) is 0.794. The van der Waals surface area contributed by atoms with E-state index in [9.17, 15) is 0 Å². The molecule has 0 saturated carbocycles. The fourth-order valence-corrected chi connectivity index (χ4v) is 2.37. The van der Waals surface area contributed by atoms with Crippen LogP contribution >= 0.6 is 15.9 Å². The summed E-state index contributed by atoms with van der Waals surface area (Å²) in [6, 6.07) is 10.6. The monoisotopic (exact) mass is 276 g/mol. The van der Waals surface area contributed by atoms with Gasteiger partial charge in [0.1, 0.15) is 6.04 Å². The summed E-state index contributed by atoms with van der Waals surface area (Å²) in [4.78, 5) is 2.14. The van der Waals surface area contributed by atoms with Gasteiger partial charge in [-0.3, -0.25) is 4.90 Å². The van der Waals surface area contributed by atoms with Crippen molar-refractivity contribution >= 4 is 15.9 Å². The standard InChI is InChI=1S/C13H13BrN2/c1-2-7-16-9-12(13(16)8-15)10-3-5-11(14)6-4-10/h2-6,12-13H,1,7,9H2. The van der Waals surface area contributed by atoms with E-state index in [2.05, 4.69) is 45.6 Å². The van der Waals surface area contributed by atoms with Gasteiger partial charge in [0, 0.05) is 23.5 Å². The smallest absolute Gasteiger partial charge is 0.106 e. The van der Waals surface area contributed by atoms with Gasteiger partial charge in [-0.05, 0) is 17.7 Å². The van der Waals surface area contributed by atoms with E-state index < -0.39 is 0 Å². The number of nitrogens with zero attached hydrogens (tertiary/aromatic N) is 2. The van der Waals surface area contributed by atoms with E-state index in [1.165, 1.54) is 5.56 Å². The maximum atomic E-state index is 9.13. The third-order valence-electron chi connectivity index (χ3n) is 3.00. The van der Waals surface area contributed by atoms with Gasteiger partial charge in [0.2, 0.25) is 0 Å². The zero-order valence-corrected chi connectivity index (χ0v) is 10.5. The lowest BCUT2D eigenvalue weighted by atomic mass is 9.83. The van der Waals surface area contributed by atoms with E-state index in [1.807, 2.05) is 18.2 Å². The zero-order valence-electron chi connectivity index (χ0n) is 8.94. The number of likely N-dealkylation sites (tertiary alicyclic amines) is 1. The summed E-state index contributed by atoms with van der Waals surface area (Å²) < 4.78 is 1.08. The Hall–Kier alpha value is -1.11. The molecule has 1 saturated heterocycles. The van der Waals surface area contributed by atoms with Gasteiger partial charge in [-0.25, -0.2) is 0 Å². The van der Waals surface area contributed by atoms with Crippen LogP contribution in [-0.2, 0) is 0 Å². The molecule has 1 heterocycles. The first-order valence-corrected chi connectivity index (χ1v) is 6.05. The molecule has 0 aromatic heterocycles. The van der Waals surface area contributed by atoms with Gasteiger partial charge in [0.15, 0.2) is 0 Å². The minimum absolute atomic E-state index is 0.000763.